The van der Waals surface area contributed by atoms with E-state index in [9.17, 15) is 4.79 Å². The topological polar surface area (TPSA) is 55.1 Å². The van der Waals surface area contributed by atoms with Gasteiger partial charge in [-0.15, -0.1) is 0 Å². The Morgan fingerprint density at radius 1 is 1.38 bits per heavy atom. The van der Waals surface area contributed by atoms with Crippen LogP contribution in [0.4, 0.5) is 0 Å². The van der Waals surface area contributed by atoms with Gasteiger partial charge in [0.2, 0.25) is 6.41 Å². The SMILES string of the molecule is CC1CCC(C(C)C)C(C(CN)NC=O)C1. The predicted molar refractivity (Wildman–Crippen MR) is 66.9 cm³/mol. The molecule has 0 bridgehead atoms. The number of amides is 1. The van der Waals surface area contributed by atoms with Gasteiger partial charge in [0, 0.05) is 12.6 Å². The lowest BCUT2D eigenvalue weighted by Crippen LogP contribution is -2.47. The zero-order valence-corrected chi connectivity index (χ0v) is 10.8. The lowest BCUT2D eigenvalue weighted by molar-refractivity contribution is -0.110. The van der Waals surface area contributed by atoms with Gasteiger partial charge in [-0.2, -0.15) is 0 Å². The van der Waals surface area contributed by atoms with Crippen molar-refractivity contribution in [3.05, 3.63) is 0 Å². The quantitative estimate of drug-likeness (QED) is 0.702. The highest BCUT2D eigenvalue weighted by Crippen LogP contribution is 2.39. The maximum Gasteiger partial charge on any atom is 0.207 e. The molecular formula is C13H26N2O. The molecule has 4 atom stereocenters. The van der Waals surface area contributed by atoms with E-state index in [0.29, 0.717) is 24.3 Å². The first kappa shape index (κ1) is 13.5. The van der Waals surface area contributed by atoms with Gasteiger partial charge in [0.1, 0.15) is 0 Å². The Morgan fingerprint density at radius 2 is 2.06 bits per heavy atom. The molecule has 0 spiro atoms. The second-order valence-corrected chi connectivity index (χ2v) is 5.62. The van der Waals surface area contributed by atoms with Crippen LogP contribution >= 0.6 is 0 Å². The molecule has 0 heterocycles. The molecule has 16 heavy (non-hydrogen) atoms. The molecule has 0 aromatic carbocycles. The van der Waals surface area contributed by atoms with Gasteiger partial charge in [-0.3, -0.25) is 4.79 Å². The highest BCUT2D eigenvalue weighted by molar-refractivity contribution is 5.46. The normalized spacial score (nSPS) is 32.4. The van der Waals surface area contributed by atoms with Crippen LogP contribution in [0.2, 0.25) is 0 Å². The van der Waals surface area contributed by atoms with Crippen molar-refractivity contribution >= 4 is 6.41 Å². The van der Waals surface area contributed by atoms with E-state index in [1.54, 1.807) is 0 Å². The summed E-state index contributed by atoms with van der Waals surface area (Å²) in [6.45, 7) is 7.42. The van der Waals surface area contributed by atoms with Crippen molar-refractivity contribution in [3.8, 4) is 0 Å². The number of carbonyl (C=O) groups is 1. The molecule has 94 valence electrons. The van der Waals surface area contributed by atoms with Crippen molar-refractivity contribution < 1.29 is 4.79 Å². The van der Waals surface area contributed by atoms with Crippen molar-refractivity contribution in [1.82, 2.24) is 5.32 Å². The molecule has 3 N–H and O–H groups in total. The highest BCUT2D eigenvalue weighted by Gasteiger charge is 2.35. The van der Waals surface area contributed by atoms with E-state index in [0.717, 1.165) is 12.3 Å². The summed E-state index contributed by atoms with van der Waals surface area (Å²) >= 11 is 0. The molecule has 1 rings (SSSR count). The molecule has 3 nitrogen and oxygen atoms in total. The number of carbonyl (C=O) groups excluding carboxylic acids is 1. The zero-order valence-electron chi connectivity index (χ0n) is 10.8. The van der Waals surface area contributed by atoms with Crippen LogP contribution in [-0.4, -0.2) is 19.0 Å². The largest absolute Gasteiger partial charge is 0.354 e. The van der Waals surface area contributed by atoms with E-state index in [4.69, 9.17) is 5.73 Å². The van der Waals surface area contributed by atoms with E-state index >= 15 is 0 Å². The molecule has 4 unspecified atom stereocenters. The van der Waals surface area contributed by atoms with Crippen LogP contribution in [-0.2, 0) is 4.79 Å². The molecule has 0 aromatic rings. The number of rotatable bonds is 5. The third-order valence-corrected chi connectivity index (χ3v) is 4.13. The molecule has 1 fully saturated rings. The summed E-state index contributed by atoms with van der Waals surface area (Å²) in [5.74, 6) is 2.71. The number of nitrogens with two attached hydrogens (primary N) is 1. The van der Waals surface area contributed by atoms with Crippen LogP contribution < -0.4 is 11.1 Å². The standard InChI is InChI=1S/C13H26N2O/c1-9(2)11-5-4-10(3)6-12(11)13(7-14)15-8-16/h8-13H,4-7,14H2,1-3H3,(H,15,16). The second kappa shape index (κ2) is 6.24. The van der Waals surface area contributed by atoms with Crippen molar-refractivity contribution in [2.45, 2.75) is 46.1 Å². The van der Waals surface area contributed by atoms with Crippen molar-refractivity contribution in [2.24, 2.45) is 29.4 Å². The maximum atomic E-state index is 10.6. The van der Waals surface area contributed by atoms with Crippen LogP contribution in [0.1, 0.15) is 40.0 Å². The molecule has 0 saturated heterocycles. The minimum atomic E-state index is 0.160. The second-order valence-electron chi connectivity index (χ2n) is 5.62. The van der Waals surface area contributed by atoms with Gasteiger partial charge in [0.15, 0.2) is 0 Å². The van der Waals surface area contributed by atoms with Crippen LogP contribution in [0.5, 0.6) is 0 Å². The summed E-state index contributed by atoms with van der Waals surface area (Å²) in [6.07, 6.45) is 4.60. The van der Waals surface area contributed by atoms with Gasteiger partial charge in [-0.1, -0.05) is 27.2 Å². The molecule has 0 aliphatic heterocycles. The van der Waals surface area contributed by atoms with Crippen LogP contribution in [0, 0.1) is 23.7 Å². The fourth-order valence-electron chi connectivity index (χ4n) is 3.19. The molecule has 1 aliphatic rings. The minimum absolute atomic E-state index is 0.160. The monoisotopic (exact) mass is 226 g/mol. The zero-order chi connectivity index (χ0) is 12.1. The number of hydrogen-bond donors (Lipinski definition) is 2. The van der Waals surface area contributed by atoms with Gasteiger partial charge >= 0.3 is 0 Å². The van der Waals surface area contributed by atoms with E-state index in [2.05, 4.69) is 26.1 Å². The fraction of sp³-hybridized carbons (Fsp3) is 0.923. The number of hydrogen-bond acceptors (Lipinski definition) is 2. The highest BCUT2D eigenvalue weighted by atomic mass is 16.1. The van der Waals surface area contributed by atoms with Gasteiger partial charge < -0.3 is 11.1 Å². The molecule has 1 aliphatic carbocycles. The summed E-state index contributed by atoms with van der Waals surface area (Å²) in [4.78, 5) is 10.6. The first-order valence-electron chi connectivity index (χ1n) is 6.49. The Balaban J connectivity index is 2.72. The van der Waals surface area contributed by atoms with E-state index < -0.39 is 0 Å². The van der Waals surface area contributed by atoms with Gasteiger partial charge in [-0.25, -0.2) is 0 Å². The molecule has 0 aromatic heterocycles. The summed E-state index contributed by atoms with van der Waals surface area (Å²) in [6, 6.07) is 0.160. The first-order chi connectivity index (χ1) is 7.60. The summed E-state index contributed by atoms with van der Waals surface area (Å²) < 4.78 is 0. The summed E-state index contributed by atoms with van der Waals surface area (Å²) in [5.41, 5.74) is 5.78. The van der Waals surface area contributed by atoms with E-state index in [-0.39, 0.29) is 6.04 Å². The van der Waals surface area contributed by atoms with Crippen molar-refractivity contribution in [1.29, 1.82) is 0 Å². The molecule has 0 radical (unpaired) electrons. The Labute approximate surface area is 99.2 Å². The van der Waals surface area contributed by atoms with E-state index in [1.807, 2.05) is 0 Å². The van der Waals surface area contributed by atoms with Gasteiger partial charge in [0.05, 0.1) is 0 Å². The van der Waals surface area contributed by atoms with Crippen molar-refractivity contribution in [2.75, 3.05) is 6.54 Å². The predicted octanol–water partition coefficient (Wildman–Crippen LogP) is 1.77. The summed E-state index contributed by atoms with van der Waals surface area (Å²) in [5, 5.41) is 2.90. The van der Waals surface area contributed by atoms with Crippen LogP contribution in [0.15, 0.2) is 0 Å². The van der Waals surface area contributed by atoms with Crippen LogP contribution in [0.3, 0.4) is 0 Å². The van der Waals surface area contributed by atoms with Gasteiger partial charge in [-0.05, 0) is 36.5 Å². The first-order valence-corrected chi connectivity index (χ1v) is 6.49. The van der Waals surface area contributed by atoms with Crippen LogP contribution in [0.25, 0.3) is 0 Å². The minimum Gasteiger partial charge on any atom is -0.354 e. The Hall–Kier alpha value is -0.570. The summed E-state index contributed by atoms with van der Waals surface area (Å²) in [7, 11) is 0. The third kappa shape index (κ3) is 3.21. The molecule has 1 saturated carbocycles. The smallest absolute Gasteiger partial charge is 0.207 e. The fourth-order valence-corrected chi connectivity index (χ4v) is 3.19. The Morgan fingerprint density at radius 3 is 2.56 bits per heavy atom. The lowest BCUT2D eigenvalue weighted by atomic mass is 9.67. The average Bonchev–Trinajstić information content (AvgIpc) is 2.25. The Kier molecular flexibility index (Phi) is 5.26. The molecular weight excluding hydrogens is 200 g/mol. The molecule has 3 heteroatoms. The third-order valence-electron chi connectivity index (χ3n) is 4.13. The van der Waals surface area contributed by atoms with E-state index in [1.165, 1.54) is 19.3 Å². The molecule has 1 amide bonds. The van der Waals surface area contributed by atoms with Gasteiger partial charge in [0.25, 0.3) is 0 Å². The lowest BCUT2D eigenvalue weighted by Gasteiger charge is -2.41. The maximum absolute atomic E-state index is 10.6. The van der Waals surface area contributed by atoms with Crippen molar-refractivity contribution in [3.63, 3.8) is 0 Å². The number of nitrogens with one attached hydrogen (secondary N) is 1. The Bertz CT molecular complexity index is 218. The average molecular weight is 226 g/mol.